The second kappa shape index (κ2) is 7.81. The van der Waals surface area contributed by atoms with Crippen LogP contribution in [0.4, 0.5) is 4.39 Å². The van der Waals surface area contributed by atoms with Crippen molar-refractivity contribution in [2.45, 2.75) is 6.92 Å². The summed E-state index contributed by atoms with van der Waals surface area (Å²) in [4.78, 5) is 4.48. The molecule has 0 saturated heterocycles. The Kier molecular flexibility index (Phi) is 5.30. The minimum atomic E-state index is -0.306. The average Bonchev–Trinajstić information content (AvgIpc) is 3.13. The predicted octanol–water partition coefficient (Wildman–Crippen LogP) is 5.12. The number of phenolic OH excluding ortho intramolecular Hbond substituents is 1. The van der Waals surface area contributed by atoms with E-state index in [2.05, 4.69) is 11.1 Å². The van der Waals surface area contributed by atoms with Crippen molar-refractivity contribution in [2.75, 3.05) is 6.61 Å². The Balaban J connectivity index is 1.92. The van der Waals surface area contributed by atoms with Gasteiger partial charge in [-0.05, 0) is 55.0 Å². The van der Waals surface area contributed by atoms with Gasteiger partial charge in [-0.1, -0.05) is 6.07 Å². The van der Waals surface area contributed by atoms with E-state index in [1.54, 1.807) is 30.3 Å². The van der Waals surface area contributed by atoms with E-state index in [9.17, 15) is 14.8 Å². The molecule has 1 aromatic heterocycles. The Hall–Kier alpha value is -3.17. The number of benzene rings is 2. The zero-order valence-electron chi connectivity index (χ0n) is 13.9. The summed E-state index contributed by atoms with van der Waals surface area (Å²) in [6, 6.07) is 13.1. The van der Waals surface area contributed by atoms with Crippen molar-refractivity contribution < 1.29 is 14.2 Å². The largest absolute Gasteiger partial charge is 0.504 e. The van der Waals surface area contributed by atoms with Gasteiger partial charge in [0.25, 0.3) is 0 Å². The van der Waals surface area contributed by atoms with Crippen LogP contribution in [-0.2, 0) is 0 Å². The first-order chi connectivity index (χ1) is 12.6. The summed E-state index contributed by atoms with van der Waals surface area (Å²) in [6.45, 7) is 2.26. The van der Waals surface area contributed by atoms with Crippen LogP contribution in [0.3, 0.4) is 0 Å². The minimum absolute atomic E-state index is 0.0513. The molecule has 0 radical (unpaired) electrons. The zero-order valence-corrected chi connectivity index (χ0v) is 14.8. The van der Waals surface area contributed by atoms with E-state index in [0.29, 0.717) is 28.6 Å². The third-order valence-corrected chi connectivity index (χ3v) is 4.47. The summed E-state index contributed by atoms with van der Waals surface area (Å²) in [5.74, 6) is 0.110. The Bertz CT molecular complexity index is 988. The molecule has 6 heteroatoms. The number of allylic oxidation sites excluding steroid dienone is 1. The number of aromatic nitrogens is 1. The lowest BCUT2D eigenvalue weighted by Crippen LogP contribution is -1.92. The van der Waals surface area contributed by atoms with E-state index < -0.39 is 0 Å². The molecule has 0 amide bonds. The van der Waals surface area contributed by atoms with Gasteiger partial charge in [-0.3, -0.25) is 0 Å². The van der Waals surface area contributed by atoms with Crippen LogP contribution in [0.25, 0.3) is 22.9 Å². The standard InChI is InChI=1S/C20H15FN2O2S/c1-2-25-19-10-13(3-8-18(19)24)9-15(11-22)20-23-17(12-26-20)14-4-6-16(21)7-5-14/h3-10,12,24H,2H2,1H3/b15-9+. The van der Waals surface area contributed by atoms with E-state index in [1.807, 2.05) is 12.3 Å². The fourth-order valence-electron chi connectivity index (χ4n) is 2.35. The molecule has 3 rings (SSSR count). The molecule has 0 aliphatic rings. The lowest BCUT2D eigenvalue weighted by atomic mass is 10.1. The molecule has 0 spiro atoms. The SMILES string of the molecule is CCOc1cc(/C=C(\C#N)c2nc(-c3ccc(F)cc3)cs2)ccc1O. The van der Waals surface area contributed by atoms with Crippen molar-refractivity contribution in [3.63, 3.8) is 0 Å². The third-order valence-electron chi connectivity index (χ3n) is 3.59. The molecule has 1 N–H and O–H groups in total. The lowest BCUT2D eigenvalue weighted by molar-refractivity contribution is 0.318. The Morgan fingerprint density at radius 2 is 2.08 bits per heavy atom. The molecule has 1 heterocycles. The summed E-state index contributed by atoms with van der Waals surface area (Å²) in [5.41, 5.74) is 2.60. The van der Waals surface area contributed by atoms with E-state index in [0.717, 1.165) is 11.1 Å². The highest BCUT2D eigenvalue weighted by molar-refractivity contribution is 7.11. The summed E-state index contributed by atoms with van der Waals surface area (Å²) < 4.78 is 18.4. The molecule has 3 aromatic rings. The monoisotopic (exact) mass is 366 g/mol. The first-order valence-corrected chi connectivity index (χ1v) is 8.78. The van der Waals surface area contributed by atoms with Gasteiger partial charge < -0.3 is 9.84 Å². The lowest BCUT2D eigenvalue weighted by Gasteiger charge is -2.06. The van der Waals surface area contributed by atoms with Crippen LogP contribution in [0, 0.1) is 17.1 Å². The molecular formula is C20H15FN2O2S. The van der Waals surface area contributed by atoms with Crippen LogP contribution in [-0.4, -0.2) is 16.7 Å². The van der Waals surface area contributed by atoms with Crippen LogP contribution in [0.1, 0.15) is 17.5 Å². The maximum atomic E-state index is 13.1. The van der Waals surface area contributed by atoms with E-state index >= 15 is 0 Å². The highest BCUT2D eigenvalue weighted by atomic mass is 32.1. The zero-order chi connectivity index (χ0) is 18.5. The molecule has 4 nitrogen and oxygen atoms in total. The van der Waals surface area contributed by atoms with Crippen LogP contribution in [0.5, 0.6) is 11.5 Å². The minimum Gasteiger partial charge on any atom is -0.504 e. The number of aromatic hydroxyl groups is 1. The van der Waals surface area contributed by atoms with Gasteiger partial charge in [0.2, 0.25) is 0 Å². The second-order valence-corrected chi connectivity index (χ2v) is 6.23. The quantitative estimate of drug-likeness (QED) is 0.637. The van der Waals surface area contributed by atoms with Crippen LogP contribution >= 0.6 is 11.3 Å². The molecule has 0 atom stereocenters. The predicted molar refractivity (Wildman–Crippen MR) is 100 cm³/mol. The topological polar surface area (TPSA) is 66.1 Å². The van der Waals surface area contributed by atoms with Gasteiger partial charge in [-0.2, -0.15) is 5.26 Å². The summed E-state index contributed by atoms with van der Waals surface area (Å²) in [6.07, 6.45) is 1.69. The first kappa shape index (κ1) is 17.6. The normalized spacial score (nSPS) is 11.2. The molecular weight excluding hydrogens is 351 g/mol. The summed E-state index contributed by atoms with van der Waals surface area (Å²) >= 11 is 1.34. The highest BCUT2D eigenvalue weighted by Crippen LogP contribution is 2.30. The molecule has 0 aliphatic heterocycles. The van der Waals surface area contributed by atoms with Crippen LogP contribution in [0.15, 0.2) is 47.8 Å². The smallest absolute Gasteiger partial charge is 0.161 e. The first-order valence-electron chi connectivity index (χ1n) is 7.90. The average molecular weight is 366 g/mol. The maximum Gasteiger partial charge on any atom is 0.161 e. The number of thiazole rings is 1. The summed E-state index contributed by atoms with van der Waals surface area (Å²) in [5, 5.41) is 21.7. The number of halogens is 1. The van der Waals surface area contributed by atoms with Crippen molar-refractivity contribution >= 4 is 23.0 Å². The maximum absolute atomic E-state index is 13.1. The van der Waals surface area contributed by atoms with E-state index in [1.165, 1.54) is 29.5 Å². The van der Waals surface area contributed by atoms with Gasteiger partial charge in [0.1, 0.15) is 16.9 Å². The summed E-state index contributed by atoms with van der Waals surface area (Å²) in [7, 11) is 0. The molecule has 0 unspecified atom stereocenters. The van der Waals surface area contributed by atoms with Gasteiger partial charge in [0.05, 0.1) is 17.9 Å². The van der Waals surface area contributed by atoms with Crippen LogP contribution < -0.4 is 4.74 Å². The number of ether oxygens (including phenoxy) is 1. The molecule has 2 aromatic carbocycles. The van der Waals surface area contributed by atoms with E-state index in [-0.39, 0.29) is 11.6 Å². The van der Waals surface area contributed by atoms with Gasteiger partial charge in [0, 0.05) is 10.9 Å². The van der Waals surface area contributed by atoms with Crippen molar-refractivity contribution in [3.8, 4) is 28.8 Å². The fraction of sp³-hybridized carbons (Fsp3) is 0.100. The molecule has 0 fully saturated rings. The van der Waals surface area contributed by atoms with E-state index in [4.69, 9.17) is 4.74 Å². The molecule has 26 heavy (non-hydrogen) atoms. The highest BCUT2D eigenvalue weighted by Gasteiger charge is 2.10. The number of rotatable bonds is 5. The van der Waals surface area contributed by atoms with Gasteiger partial charge in [-0.25, -0.2) is 9.37 Å². The van der Waals surface area contributed by atoms with Gasteiger partial charge >= 0.3 is 0 Å². The second-order valence-electron chi connectivity index (χ2n) is 5.37. The molecule has 0 aliphatic carbocycles. The van der Waals surface area contributed by atoms with Crippen molar-refractivity contribution in [2.24, 2.45) is 0 Å². The molecule has 130 valence electrons. The third kappa shape index (κ3) is 3.90. The number of hydrogen-bond donors (Lipinski definition) is 1. The number of nitrogens with zero attached hydrogens (tertiary/aromatic N) is 2. The number of phenols is 1. The Labute approximate surface area is 154 Å². The Morgan fingerprint density at radius 3 is 2.77 bits per heavy atom. The van der Waals surface area contributed by atoms with Crippen molar-refractivity contribution in [1.82, 2.24) is 4.98 Å². The fourth-order valence-corrected chi connectivity index (χ4v) is 3.15. The van der Waals surface area contributed by atoms with Crippen molar-refractivity contribution in [3.05, 3.63) is 64.2 Å². The molecule has 0 bridgehead atoms. The Morgan fingerprint density at radius 1 is 1.31 bits per heavy atom. The number of nitriles is 1. The molecule has 0 saturated carbocycles. The van der Waals surface area contributed by atoms with Crippen LogP contribution in [0.2, 0.25) is 0 Å². The van der Waals surface area contributed by atoms with Crippen molar-refractivity contribution in [1.29, 1.82) is 5.26 Å². The number of hydrogen-bond acceptors (Lipinski definition) is 5. The van der Waals surface area contributed by atoms with Gasteiger partial charge in [0.15, 0.2) is 11.5 Å². The van der Waals surface area contributed by atoms with Gasteiger partial charge in [-0.15, -0.1) is 11.3 Å².